The van der Waals surface area contributed by atoms with Crippen LogP contribution in [0.3, 0.4) is 0 Å². The maximum atomic E-state index is 6.53. The second kappa shape index (κ2) is 8.33. The lowest BCUT2D eigenvalue weighted by molar-refractivity contribution is 0.311. The number of hydrogen-bond acceptors (Lipinski definition) is 5. The summed E-state index contributed by atoms with van der Waals surface area (Å²) in [5, 5.41) is 13.0. The van der Waals surface area contributed by atoms with Crippen molar-refractivity contribution in [2.75, 3.05) is 26.2 Å². The number of likely N-dealkylation sites (tertiary alicyclic amines) is 1. The van der Waals surface area contributed by atoms with E-state index < -0.39 is 0 Å². The summed E-state index contributed by atoms with van der Waals surface area (Å²) in [7, 11) is 1.87. The minimum absolute atomic E-state index is 0.391. The summed E-state index contributed by atoms with van der Waals surface area (Å²) < 4.78 is 6.94. The number of aryl methyl sites for hydroxylation is 2. The molecule has 3 rings (SSSR count). The van der Waals surface area contributed by atoms with Gasteiger partial charge in [0.1, 0.15) is 22.3 Å². The van der Waals surface area contributed by atoms with Gasteiger partial charge in [-0.2, -0.15) is 5.10 Å². The van der Waals surface area contributed by atoms with Gasteiger partial charge < -0.3 is 9.84 Å². The molecule has 7 heteroatoms. The van der Waals surface area contributed by atoms with Crippen LogP contribution in [0.2, 0.25) is 5.15 Å². The Hall–Kier alpha value is -1.37. The topological polar surface area (TPSA) is 59.1 Å². The zero-order chi connectivity index (χ0) is 19.6. The van der Waals surface area contributed by atoms with Crippen LogP contribution >= 0.6 is 11.6 Å². The molecule has 150 valence electrons. The van der Waals surface area contributed by atoms with Crippen LogP contribution in [0.25, 0.3) is 11.4 Å². The summed E-state index contributed by atoms with van der Waals surface area (Å²) in [5.41, 5.74) is 3.01. The number of halogens is 1. The molecule has 1 fully saturated rings. The average Bonchev–Trinajstić information content (AvgIpc) is 3.27. The van der Waals surface area contributed by atoms with Crippen LogP contribution in [0, 0.1) is 18.3 Å². The maximum absolute atomic E-state index is 6.53. The van der Waals surface area contributed by atoms with Crippen LogP contribution in [0.5, 0.6) is 0 Å². The van der Waals surface area contributed by atoms with E-state index in [2.05, 4.69) is 41.2 Å². The van der Waals surface area contributed by atoms with E-state index >= 15 is 0 Å². The molecule has 0 unspecified atom stereocenters. The highest BCUT2D eigenvalue weighted by Gasteiger charge is 2.26. The molecule has 1 saturated heterocycles. The first kappa shape index (κ1) is 20.4. The zero-order valence-corrected chi connectivity index (χ0v) is 17.9. The fourth-order valence-corrected chi connectivity index (χ4v) is 3.77. The number of nitrogens with one attached hydrogen (secondary N) is 1. The van der Waals surface area contributed by atoms with E-state index in [1.165, 1.54) is 12.8 Å². The standard InChI is InChI=1S/C20H32ClN5O/c1-14-10-17(24-27-14)18-16(19(21)25(5)23-18)13-26-9-6-15(12-26)11-22-8-7-20(2,3)4/h10,15,22H,6-9,11-13H2,1-5H3/t15-/m0/s1. The fourth-order valence-electron chi connectivity index (χ4n) is 3.59. The molecule has 27 heavy (non-hydrogen) atoms. The van der Waals surface area contributed by atoms with Gasteiger partial charge in [-0.15, -0.1) is 0 Å². The summed E-state index contributed by atoms with van der Waals surface area (Å²) in [5.74, 6) is 1.47. The Balaban J connectivity index is 1.57. The third-order valence-electron chi connectivity index (χ3n) is 5.18. The molecule has 1 N–H and O–H groups in total. The first-order chi connectivity index (χ1) is 12.7. The molecule has 0 aromatic carbocycles. The molecule has 0 bridgehead atoms. The highest BCUT2D eigenvalue weighted by atomic mass is 35.5. The van der Waals surface area contributed by atoms with Gasteiger partial charge >= 0.3 is 0 Å². The van der Waals surface area contributed by atoms with Crippen molar-refractivity contribution in [3.05, 3.63) is 22.5 Å². The average molecular weight is 394 g/mol. The van der Waals surface area contributed by atoms with Crippen LogP contribution in [-0.2, 0) is 13.6 Å². The lowest BCUT2D eigenvalue weighted by Crippen LogP contribution is -2.28. The van der Waals surface area contributed by atoms with Crippen LogP contribution in [0.4, 0.5) is 0 Å². The van der Waals surface area contributed by atoms with E-state index in [0.29, 0.717) is 16.5 Å². The van der Waals surface area contributed by atoms with Crippen LogP contribution in [0.1, 0.15) is 44.9 Å². The zero-order valence-electron chi connectivity index (χ0n) is 17.2. The summed E-state index contributed by atoms with van der Waals surface area (Å²) in [6, 6.07) is 1.91. The summed E-state index contributed by atoms with van der Waals surface area (Å²) in [6.07, 6.45) is 2.42. The Morgan fingerprint density at radius 1 is 1.37 bits per heavy atom. The minimum atomic E-state index is 0.391. The fraction of sp³-hybridized carbons (Fsp3) is 0.700. The lowest BCUT2D eigenvalue weighted by atomic mass is 9.92. The Morgan fingerprint density at radius 2 is 2.15 bits per heavy atom. The Bertz CT molecular complexity index is 761. The molecule has 0 radical (unpaired) electrons. The van der Waals surface area contributed by atoms with Crippen LogP contribution < -0.4 is 5.32 Å². The van der Waals surface area contributed by atoms with Crippen molar-refractivity contribution in [2.45, 2.75) is 47.1 Å². The number of nitrogens with zero attached hydrogens (tertiary/aromatic N) is 4. The highest BCUT2D eigenvalue weighted by Crippen LogP contribution is 2.30. The molecular formula is C20H32ClN5O. The van der Waals surface area contributed by atoms with Crippen LogP contribution in [-0.4, -0.2) is 46.0 Å². The van der Waals surface area contributed by atoms with Crippen molar-refractivity contribution in [1.82, 2.24) is 25.2 Å². The second-order valence-electron chi connectivity index (χ2n) is 8.97. The van der Waals surface area contributed by atoms with E-state index in [0.717, 1.165) is 55.4 Å². The van der Waals surface area contributed by atoms with Crippen molar-refractivity contribution < 1.29 is 4.52 Å². The van der Waals surface area contributed by atoms with Gasteiger partial charge in [-0.3, -0.25) is 9.58 Å². The van der Waals surface area contributed by atoms with E-state index in [9.17, 15) is 0 Å². The molecule has 2 aromatic rings. The summed E-state index contributed by atoms with van der Waals surface area (Å²) in [4.78, 5) is 2.47. The van der Waals surface area contributed by atoms with E-state index in [1.807, 2.05) is 20.0 Å². The Morgan fingerprint density at radius 3 is 2.81 bits per heavy atom. The molecule has 0 amide bonds. The first-order valence-electron chi connectivity index (χ1n) is 9.81. The largest absolute Gasteiger partial charge is 0.361 e. The van der Waals surface area contributed by atoms with Gasteiger partial charge in [0, 0.05) is 31.8 Å². The molecule has 0 saturated carbocycles. The molecule has 1 aliphatic heterocycles. The summed E-state index contributed by atoms with van der Waals surface area (Å²) >= 11 is 6.53. The van der Waals surface area contributed by atoms with Gasteiger partial charge in [0.05, 0.1) is 0 Å². The normalized spacial score (nSPS) is 18.5. The van der Waals surface area contributed by atoms with Gasteiger partial charge in [-0.05, 0) is 50.7 Å². The van der Waals surface area contributed by atoms with Gasteiger partial charge in [0.2, 0.25) is 0 Å². The predicted octanol–water partition coefficient (Wildman–Crippen LogP) is 3.88. The SMILES string of the molecule is Cc1cc(-c2nn(C)c(Cl)c2CN2CC[C@@H](CNCCC(C)(C)C)C2)no1. The molecular weight excluding hydrogens is 362 g/mol. The number of rotatable bonds is 7. The second-order valence-corrected chi connectivity index (χ2v) is 9.33. The van der Waals surface area contributed by atoms with E-state index in [4.69, 9.17) is 16.1 Å². The Labute approximate surface area is 167 Å². The van der Waals surface area contributed by atoms with Crippen molar-refractivity contribution >= 4 is 11.6 Å². The highest BCUT2D eigenvalue weighted by molar-refractivity contribution is 6.30. The van der Waals surface area contributed by atoms with Gasteiger partial charge in [0.15, 0.2) is 0 Å². The third kappa shape index (κ3) is 5.33. The maximum Gasteiger partial charge on any atom is 0.134 e. The third-order valence-corrected chi connectivity index (χ3v) is 5.65. The lowest BCUT2D eigenvalue weighted by Gasteiger charge is -2.19. The van der Waals surface area contributed by atoms with E-state index in [-0.39, 0.29) is 0 Å². The van der Waals surface area contributed by atoms with Gasteiger partial charge in [-0.1, -0.05) is 37.5 Å². The molecule has 0 spiro atoms. The smallest absolute Gasteiger partial charge is 0.134 e. The molecule has 3 heterocycles. The molecule has 6 nitrogen and oxygen atoms in total. The first-order valence-corrected chi connectivity index (χ1v) is 10.2. The quantitative estimate of drug-likeness (QED) is 0.723. The minimum Gasteiger partial charge on any atom is -0.361 e. The van der Waals surface area contributed by atoms with Crippen molar-refractivity contribution in [2.24, 2.45) is 18.4 Å². The number of aromatic nitrogens is 3. The van der Waals surface area contributed by atoms with Crippen LogP contribution in [0.15, 0.2) is 10.6 Å². The molecule has 1 atom stereocenters. The summed E-state index contributed by atoms with van der Waals surface area (Å²) in [6.45, 7) is 13.9. The van der Waals surface area contributed by atoms with Crippen molar-refractivity contribution in [3.8, 4) is 11.4 Å². The van der Waals surface area contributed by atoms with Gasteiger partial charge in [0.25, 0.3) is 0 Å². The molecule has 0 aliphatic carbocycles. The molecule has 1 aliphatic rings. The Kier molecular flexibility index (Phi) is 6.28. The van der Waals surface area contributed by atoms with Crippen molar-refractivity contribution in [1.29, 1.82) is 0 Å². The monoisotopic (exact) mass is 393 g/mol. The number of hydrogen-bond donors (Lipinski definition) is 1. The van der Waals surface area contributed by atoms with Gasteiger partial charge in [-0.25, -0.2) is 0 Å². The molecule has 2 aromatic heterocycles. The van der Waals surface area contributed by atoms with E-state index in [1.54, 1.807) is 4.68 Å². The van der Waals surface area contributed by atoms with Crippen molar-refractivity contribution in [3.63, 3.8) is 0 Å². The predicted molar refractivity (Wildman–Crippen MR) is 109 cm³/mol.